The van der Waals surface area contributed by atoms with Crippen LogP contribution in [0.1, 0.15) is 11.1 Å². The van der Waals surface area contributed by atoms with Crippen molar-refractivity contribution in [1.29, 1.82) is 0 Å². The highest BCUT2D eigenvalue weighted by Crippen LogP contribution is 2.36. The first-order chi connectivity index (χ1) is 18.2. The fourth-order valence-corrected chi connectivity index (χ4v) is 5.49. The van der Waals surface area contributed by atoms with Gasteiger partial charge in [0, 0.05) is 30.6 Å². The molecule has 200 valence electrons. The summed E-state index contributed by atoms with van der Waals surface area (Å²) in [5.74, 6) is -0.00181. The normalized spacial score (nSPS) is 13.0. The minimum Gasteiger partial charge on any atom is -0.454 e. The van der Waals surface area contributed by atoms with E-state index in [0.29, 0.717) is 11.5 Å². The van der Waals surface area contributed by atoms with Crippen molar-refractivity contribution in [1.82, 2.24) is 10.2 Å². The predicted octanol–water partition coefficient (Wildman–Crippen LogP) is 3.33. The number of fused-ring (bicyclic) bond motifs is 1. The first kappa shape index (κ1) is 27.5. The van der Waals surface area contributed by atoms with E-state index in [1.165, 1.54) is 18.0 Å². The van der Waals surface area contributed by atoms with Gasteiger partial charge in [-0.1, -0.05) is 58.4 Å². The molecular formula is C27H28BrN3O6S. The molecule has 1 N–H and O–H groups in total. The Kier molecular flexibility index (Phi) is 8.58. The molecule has 11 heteroatoms. The molecule has 0 aromatic heterocycles. The number of anilines is 1. The Morgan fingerprint density at radius 3 is 2.37 bits per heavy atom. The summed E-state index contributed by atoms with van der Waals surface area (Å²) in [7, 11) is -2.36. The van der Waals surface area contributed by atoms with Crippen LogP contribution in [-0.2, 0) is 32.6 Å². The molecule has 0 radical (unpaired) electrons. The second-order valence-electron chi connectivity index (χ2n) is 8.78. The SMILES string of the molecule is CNC(=O)C(Cc1ccccc1)N(Cc1cccc(Br)c1)C(=O)CN(c1ccc2c(c1)OCO2)S(C)(=O)=O. The Morgan fingerprint density at radius 1 is 0.974 bits per heavy atom. The molecule has 0 aliphatic carbocycles. The maximum absolute atomic E-state index is 13.9. The average Bonchev–Trinajstić information content (AvgIpc) is 3.36. The largest absolute Gasteiger partial charge is 0.454 e. The van der Waals surface area contributed by atoms with Gasteiger partial charge in [-0.3, -0.25) is 13.9 Å². The van der Waals surface area contributed by atoms with E-state index < -0.39 is 28.5 Å². The van der Waals surface area contributed by atoms with E-state index >= 15 is 0 Å². The van der Waals surface area contributed by atoms with Crippen molar-refractivity contribution in [3.05, 3.63) is 88.4 Å². The monoisotopic (exact) mass is 601 g/mol. The van der Waals surface area contributed by atoms with Crippen molar-refractivity contribution < 1.29 is 27.5 Å². The minimum absolute atomic E-state index is 0.0320. The number of carbonyl (C=O) groups is 2. The van der Waals surface area contributed by atoms with Crippen molar-refractivity contribution in [3.63, 3.8) is 0 Å². The van der Waals surface area contributed by atoms with Crippen LogP contribution < -0.4 is 19.1 Å². The molecular weight excluding hydrogens is 574 g/mol. The average molecular weight is 603 g/mol. The van der Waals surface area contributed by atoms with Gasteiger partial charge in [0.25, 0.3) is 0 Å². The van der Waals surface area contributed by atoms with Gasteiger partial charge in [-0.05, 0) is 35.4 Å². The molecule has 38 heavy (non-hydrogen) atoms. The van der Waals surface area contributed by atoms with Gasteiger partial charge in [-0.25, -0.2) is 8.42 Å². The number of nitrogens with one attached hydrogen (secondary N) is 1. The number of ether oxygens (including phenoxy) is 2. The van der Waals surface area contributed by atoms with E-state index in [2.05, 4.69) is 21.2 Å². The first-order valence-corrected chi connectivity index (χ1v) is 14.5. The van der Waals surface area contributed by atoms with Crippen LogP contribution in [0.3, 0.4) is 0 Å². The van der Waals surface area contributed by atoms with E-state index in [1.807, 2.05) is 54.6 Å². The predicted molar refractivity (Wildman–Crippen MR) is 147 cm³/mol. The van der Waals surface area contributed by atoms with Crippen LogP contribution >= 0.6 is 15.9 Å². The van der Waals surface area contributed by atoms with Gasteiger partial charge >= 0.3 is 0 Å². The topological polar surface area (TPSA) is 105 Å². The summed E-state index contributed by atoms with van der Waals surface area (Å²) >= 11 is 3.45. The van der Waals surface area contributed by atoms with Crippen molar-refractivity contribution >= 4 is 43.5 Å². The lowest BCUT2D eigenvalue weighted by Crippen LogP contribution is -2.52. The van der Waals surface area contributed by atoms with Crippen LogP contribution in [0.4, 0.5) is 5.69 Å². The number of halogens is 1. The minimum atomic E-state index is -3.87. The van der Waals surface area contributed by atoms with Crippen molar-refractivity contribution in [3.8, 4) is 11.5 Å². The third-order valence-corrected chi connectivity index (χ3v) is 7.72. The fraction of sp³-hybridized carbons (Fsp3) is 0.259. The Labute approximate surface area is 230 Å². The summed E-state index contributed by atoms with van der Waals surface area (Å²) in [4.78, 5) is 28.5. The van der Waals surface area contributed by atoms with Gasteiger partial charge in [0.15, 0.2) is 11.5 Å². The van der Waals surface area contributed by atoms with E-state index in [0.717, 1.165) is 26.2 Å². The van der Waals surface area contributed by atoms with Gasteiger partial charge < -0.3 is 19.7 Å². The maximum atomic E-state index is 13.9. The number of sulfonamides is 1. The summed E-state index contributed by atoms with van der Waals surface area (Å²) in [6.07, 6.45) is 1.28. The molecule has 1 aliphatic heterocycles. The van der Waals surface area contributed by atoms with Gasteiger partial charge in [-0.2, -0.15) is 0 Å². The molecule has 0 saturated carbocycles. The third-order valence-electron chi connectivity index (χ3n) is 6.08. The second-order valence-corrected chi connectivity index (χ2v) is 11.6. The van der Waals surface area contributed by atoms with Crippen molar-refractivity contribution in [2.75, 3.05) is 30.9 Å². The molecule has 9 nitrogen and oxygen atoms in total. The summed E-state index contributed by atoms with van der Waals surface area (Å²) in [6, 6.07) is 20.6. The number of amides is 2. The van der Waals surface area contributed by atoms with Gasteiger partial charge in [0.05, 0.1) is 11.9 Å². The van der Waals surface area contributed by atoms with E-state index in [9.17, 15) is 18.0 Å². The molecule has 1 atom stereocenters. The molecule has 2 amide bonds. The van der Waals surface area contributed by atoms with Crippen LogP contribution in [0.5, 0.6) is 11.5 Å². The van der Waals surface area contributed by atoms with E-state index in [-0.39, 0.29) is 31.4 Å². The molecule has 1 aliphatic rings. The van der Waals surface area contributed by atoms with Crippen LogP contribution in [0.15, 0.2) is 77.3 Å². The van der Waals surface area contributed by atoms with Crippen LogP contribution in [0.2, 0.25) is 0 Å². The zero-order valence-corrected chi connectivity index (χ0v) is 23.4. The van der Waals surface area contributed by atoms with E-state index in [4.69, 9.17) is 9.47 Å². The van der Waals surface area contributed by atoms with Crippen molar-refractivity contribution in [2.45, 2.75) is 19.0 Å². The molecule has 0 bridgehead atoms. The molecule has 3 aromatic carbocycles. The highest BCUT2D eigenvalue weighted by Gasteiger charge is 2.33. The van der Waals surface area contributed by atoms with Crippen LogP contribution in [0, 0.1) is 0 Å². The fourth-order valence-electron chi connectivity index (χ4n) is 4.21. The number of benzene rings is 3. The second kappa shape index (κ2) is 11.9. The Bertz CT molecular complexity index is 1420. The van der Waals surface area contributed by atoms with Crippen LogP contribution in [-0.4, -0.2) is 57.8 Å². The highest BCUT2D eigenvalue weighted by atomic mass is 79.9. The quantitative estimate of drug-likeness (QED) is 0.382. The molecule has 0 saturated heterocycles. The number of hydrogen-bond donors (Lipinski definition) is 1. The first-order valence-electron chi connectivity index (χ1n) is 11.8. The van der Waals surface area contributed by atoms with Gasteiger partial charge in [-0.15, -0.1) is 0 Å². The van der Waals surface area contributed by atoms with Crippen molar-refractivity contribution in [2.24, 2.45) is 0 Å². The summed E-state index contributed by atoms with van der Waals surface area (Å²) in [5.41, 5.74) is 1.90. The number of hydrogen-bond acceptors (Lipinski definition) is 6. The number of carbonyl (C=O) groups excluding carboxylic acids is 2. The molecule has 0 spiro atoms. The summed E-state index contributed by atoms with van der Waals surface area (Å²) < 4.78 is 38.2. The molecule has 1 heterocycles. The van der Waals surface area contributed by atoms with E-state index in [1.54, 1.807) is 12.1 Å². The van der Waals surface area contributed by atoms with Gasteiger partial charge in [0.2, 0.25) is 28.6 Å². The van der Waals surface area contributed by atoms with Crippen LogP contribution in [0.25, 0.3) is 0 Å². The lowest BCUT2D eigenvalue weighted by Gasteiger charge is -2.33. The number of nitrogens with zero attached hydrogens (tertiary/aromatic N) is 2. The zero-order chi connectivity index (χ0) is 27.3. The van der Waals surface area contributed by atoms with Gasteiger partial charge in [0.1, 0.15) is 12.6 Å². The lowest BCUT2D eigenvalue weighted by molar-refractivity contribution is -0.139. The molecule has 3 aromatic rings. The Hall–Kier alpha value is -3.57. The lowest BCUT2D eigenvalue weighted by atomic mass is 10.0. The Morgan fingerprint density at radius 2 is 1.68 bits per heavy atom. The number of rotatable bonds is 10. The zero-order valence-electron chi connectivity index (χ0n) is 21.0. The maximum Gasteiger partial charge on any atom is 0.244 e. The highest BCUT2D eigenvalue weighted by molar-refractivity contribution is 9.10. The standard InChI is InChI=1S/C27H28BrN3O6S/c1-29-27(33)23(14-19-7-4-3-5-8-19)30(16-20-9-6-10-21(28)13-20)26(32)17-31(38(2,34)35)22-11-12-24-25(15-22)37-18-36-24/h3-13,15,23H,14,16-18H2,1-2H3,(H,29,33). The summed E-state index contributed by atoms with van der Waals surface area (Å²) in [6.45, 7) is -0.374. The molecule has 0 fully saturated rings. The number of likely N-dealkylation sites (N-methyl/N-ethyl adjacent to an activating group) is 1. The third kappa shape index (κ3) is 6.65. The molecule has 1 unspecified atom stereocenters. The smallest absolute Gasteiger partial charge is 0.244 e. The summed E-state index contributed by atoms with van der Waals surface area (Å²) in [5, 5.41) is 2.66. The Balaban J connectivity index is 1.71. The molecule has 4 rings (SSSR count).